The van der Waals surface area contributed by atoms with E-state index in [4.69, 9.17) is 0 Å². The summed E-state index contributed by atoms with van der Waals surface area (Å²) in [4.78, 5) is 14.1. The summed E-state index contributed by atoms with van der Waals surface area (Å²) in [5.74, 6) is 1.66. The summed E-state index contributed by atoms with van der Waals surface area (Å²) in [5, 5.41) is 6.45. The number of piperidine rings is 1. The minimum Gasteiger partial charge on any atom is -0.355 e. The van der Waals surface area contributed by atoms with Gasteiger partial charge >= 0.3 is 0 Å². The molecule has 1 rings (SSSR count). The molecule has 1 unspecified atom stereocenters. The van der Waals surface area contributed by atoms with E-state index in [-0.39, 0.29) is 11.9 Å². The summed E-state index contributed by atoms with van der Waals surface area (Å²) in [6, 6.07) is 0.0181. The molecule has 0 aromatic heterocycles. The fourth-order valence-corrected chi connectivity index (χ4v) is 2.61. The van der Waals surface area contributed by atoms with Crippen LogP contribution in [0.1, 0.15) is 40.5 Å². The van der Waals surface area contributed by atoms with Crippen molar-refractivity contribution in [3.05, 3.63) is 0 Å². The van der Waals surface area contributed by atoms with E-state index in [9.17, 15) is 4.79 Å². The van der Waals surface area contributed by atoms with Crippen LogP contribution in [0.4, 0.5) is 0 Å². The van der Waals surface area contributed by atoms with Gasteiger partial charge in [0.25, 0.3) is 0 Å². The van der Waals surface area contributed by atoms with Crippen LogP contribution in [-0.4, -0.2) is 49.6 Å². The van der Waals surface area contributed by atoms with E-state index in [0.29, 0.717) is 0 Å². The van der Waals surface area contributed by atoms with Crippen molar-refractivity contribution in [1.82, 2.24) is 15.5 Å². The average molecular weight is 269 g/mol. The van der Waals surface area contributed by atoms with Crippen LogP contribution in [-0.2, 0) is 4.79 Å². The Morgan fingerprint density at radius 3 is 2.42 bits per heavy atom. The van der Waals surface area contributed by atoms with Crippen molar-refractivity contribution in [2.24, 2.45) is 11.8 Å². The molecule has 2 N–H and O–H groups in total. The third-order valence-electron chi connectivity index (χ3n) is 3.91. The number of carbonyl (C=O) groups excluding carboxylic acids is 1. The smallest absolute Gasteiger partial charge is 0.237 e. The van der Waals surface area contributed by atoms with Crippen molar-refractivity contribution in [1.29, 1.82) is 0 Å². The van der Waals surface area contributed by atoms with Crippen molar-refractivity contribution in [3.8, 4) is 0 Å². The number of hydrogen-bond acceptors (Lipinski definition) is 3. The van der Waals surface area contributed by atoms with E-state index in [0.717, 1.165) is 44.6 Å². The van der Waals surface area contributed by atoms with Crippen molar-refractivity contribution < 1.29 is 4.79 Å². The van der Waals surface area contributed by atoms with Crippen LogP contribution in [0.5, 0.6) is 0 Å². The normalized spacial score (nSPS) is 19.6. The minimum absolute atomic E-state index is 0.0181. The molecule has 19 heavy (non-hydrogen) atoms. The van der Waals surface area contributed by atoms with Crippen LogP contribution in [0.15, 0.2) is 0 Å². The molecule has 1 saturated heterocycles. The van der Waals surface area contributed by atoms with E-state index in [2.05, 4.69) is 29.4 Å². The molecule has 0 spiro atoms. The zero-order valence-corrected chi connectivity index (χ0v) is 13.0. The highest BCUT2D eigenvalue weighted by atomic mass is 16.2. The second-order valence-electron chi connectivity index (χ2n) is 6.10. The van der Waals surface area contributed by atoms with Crippen LogP contribution in [0, 0.1) is 11.8 Å². The SMILES string of the molecule is CCNC(=O)C(C)N1CCC(CNCC(C)C)CC1. The predicted molar refractivity (Wildman–Crippen MR) is 80.2 cm³/mol. The van der Waals surface area contributed by atoms with Gasteiger partial charge in [-0.05, 0) is 64.7 Å². The third-order valence-corrected chi connectivity index (χ3v) is 3.91. The van der Waals surface area contributed by atoms with E-state index in [1.165, 1.54) is 12.8 Å². The molecule has 0 radical (unpaired) electrons. The summed E-state index contributed by atoms with van der Waals surface area (Å²) >= 11 is 0. The zero-order valence-electron chi connectivity index (χ0n) is 13.0. The van der Waals surface area contributed by atoms with Gasteiger partial charge in [0.2, 0.25) is 5.91 Å². The quantitative estimate of drug-likeness (QED) is 0.735. The third kappa shape index (κ3) is 5.91. The van der Waals surface area contributed by atoms with E-state index >= 15 is 0 Å². The maximum atomic E-state index is 11.8. The van der Waals surface area contributed by atoms with Crippen molar-refractivity contribution >= 4 is 5.91 Å². The molecule has 4 nitrogen and oxygen atoms in total. The first-order valence-electron chi connectivity index (χ1n) is 7.77. The molecule has 0 saturated carbocycles. The molecule has 1 amide bonds. The van der Waals surface area contributed by atoms with Gasteiger partial charge in [0.15, 0.2) is 0 Å². The van der Waals surface area contributed by atoms with E-state index in [1.54, 1.807) is 0 Å². The maximum Gasteiger partial charge on any atom is 0.237 e. The lowest BCUT2D eigenvalue weighted by molar-refractivity contribution is -0.126. The zero-order chi connectivity index (χ0) is 14.3. The fourth-order valence-electron chi connectivity index (χ4n) is 2.61. The Labute approximate surface area is 118 Å². The average Bonchev–Trinajstić information content (AvgIpc) is 2.38. The first kappa shape index (κ1) is 16.4. The number of hydrogen-bond donors (Lipinski definition) is 2. The highest BCUT2D eigenvalue weighted by Crippen LogP contribution is 2.18. The topological polar surface area (TPSA) is 44.4 Å². The minimum atomic E-state index is 0.0181. The molecular formula is C15H31N3O. The molecule has 1 fully saturated rings. The lowest BCUT2D eigenvalue weighted by Gasteiger charge is -2.35. The number of carbonyl (C=O) groups is 1. The Morgan fingerprint density at radius 2 is 1.89 bits per heavy atom. The Morgan fingerprint density at radius 1 is 1.26 bits per heavy atom. The molecular weight excluding hydrogens is 238 g/mol. The Hall–Kier alpha value is -0.610. The lowest BCUT2D eigenvalue weighted by atomic mass is 9.95. The van der Waals surface area contributed by atoms with E-state index < -0.39 is 0 Å². The molecule has 1 heterocycles. The van der Waals surface area contributed by atoms with Gasteiger partial charge in [-0.2, -0.15) is 0 Å². The van der Waals surface area contributed by atoms with Crippen molar-refractivity contribution in [2.45, 2.75) is 46.6 Å². The van der Waals surface area contributed by atoms with Gasteiger partial charge in [-0.25, -0.2) is 0 Å². The Bertz CT molecular complexity index is 260. The van der Waals surface area contributed by atoms with Gasteiger partial charge in [0.05, 0.1) is 6.04 Å². The van der Waals surface area contributed by atoms with E-state index in [1.807, 2.05) is 13.8 Å². The van der Waals surface area contributed by atoms with Crippen LogP contribution in [0.2, 0.25) is 0 Å². The molecule has 1 aliphatic rings. The van der Waals surface area contributed by atoms with Crippen LogP contribution in [0.25, 0.3) is 0 Å². The van der Waals surface area contributed by atoms with Gasteiger partial charge < -0.3 is 10.6 Å². The number of amides is 1. The lowest BCUT2D eigenvalue weighted by Crippen LogP contribution is -2.49. The number of nitrogens with zero attached hydrogens (tertiary/aromatic N) is 1. The summed E-state index contributed by atoms with van der Waals surface area (Å²) < 4.78 is 0. The van der Waals surface area contributed by atoms with Gasteiger partial charge in [-0.3, -0.25) is 9.69 Å². The summed E-state index contributed by atoms with van der Waals surface area (Å²) in [5.41, 5.74) is 0. The second kappa shape index (κ2) is 8.54. The van der Waals surface area contributed by atoms with Gasteiger partial charge in [-0.15, -0.1) is 0 Å². The van der Waals surface area contributed by atoms with Crippen molar-refractivity contribution in [3.63, 3.8) is 0 Å². The molecule has 112 valence electrons. The summed E-state index contributed by atoms with van der Waals surface area (Å²) in [6.45, 7) is 13.5. The molecule has 1 atom stereocenters. The number of nitrogens with one attached hydrogen (secondary N) is 2. The maximum absolute atomic E-state index is 11.8. The number of likely N-dealkylation sites (N-methyl/N-ethyl adjacent to an activating group) is 1. The van der Waals surface area contributed by atoms with Crippen LogP contribution in [0.3, 0.4) is 0 Å². The molecule has 0 aromatic carbocycles. The predicted octanol–water partition coefficient (Wildman–Crippen LogP) is 1.47. The van der Waals surface area contributed by atoms with Crippen LogP contribution < -0.4 is 10.6 Å². The monoisotopic (exact) mass is 269 g/mol. The van der Waals surface area contributed by atoms with Crippen LogP contribution >= 0.6 is 0 Å². The number of likely N-dealkylation sites (tertiary alicyclic amines) is 1. The fraction of sp³-hybridized carbons (Fsp3) is 0.933. The van der Waals surface area contributed by atoms with Gasteiger partial charge in [0, 0.05) is 6.54 Å². The molecule has 1 aliphatic heterocycles. The molecule has 0 aromatic rings. The largest absolute Gasteiger partial charge is 0.355 e. The van der Waals surface area contributed by atoms with Gasteiger partial charge in [-0.1, -0.05) is 13.8 Å². The highest BCUT2D eigenvalue weighted by Gasteiger charge is 2.25. The molecule has 0 aliphatic carbocycles. The second-order valence-corrected chi connectivity index (χ2v) is 6.10. The van der Waals surface area contributed by atoms with Gasteiger partial charge in [0.1, 0.15) is 0 Å². The first-order chi connectivity index (χ1) is 9.04. The molecule has 0 bridgehead atoms. The summed E-state index contributed by atoms with van der Waals surface area (Å²) in [6.07, 6.45) is 2.41. The Balaban J connectivity index is 2.22. The highest BCUT2D eigenvalue weighted by molar-refractivity contribution is 5.81. The first-order valence-corrected chi connectivity index (χ1v) is 7.77. The molecule has 4 heteroatoms. The summed E-state index contributed by atoms with van der Waals surface area (Å²) in [7, 11) is 0. The van der Waals surface area contributed by atoms with Crippen molar-refractivity contribution in [2.75, 3.05) is 32.7 Å². The Kier molecular flexibility index (Phi) is 7.39. The number of rotatable bonds is 7. The standard InChI is InChI=1S/C15H31N3O/c1-5-17-15(19)13(4)18-8-6-14(7-9-18)11-16-10-12(2)3/h12-14,16H,5-11H2,1-4H3,(H,17,19).